The Hall–Kier alpha value is -4.59. The molecular weight excluding hydrogens is 1240 g/mol. The average Bonchev–Trinajstić information content (AvgIpc) is 0.826. The third-order valence-corrected chi connectivity index (χ3v) is 30.4. The molecule has 0 spiro atoms. The molecule has 0 bridgehead atoms. The van der Waals surface area contributed by atoms with Crippen LogP contribution in [0.3, 0.4) is 0 Å². The van der Waals surface area contributed by atoms with E-state index in [2.05, 4.69) is 194 Å². The number of benzene rings is 6. The lowest BCUT2D eigenvalue weighted by atomic mass is 9.80. The smallest absolute Gasteiger partial charge is 0.210 e. The van der Waals surface area contributed by atoms with Gasteiger partial charge in [-0.2, -0.15) is 0 Å². The fourth-order valence-electron chi connectivity index (χ4n) is 13.0. The van der Waals surface area contributed by atoms with E-state index in [0.29, 0.717) is 23.2 Å². The normalized spacial score (nSPS) is 20.5. The van der Waals surface area contributed by atoms with Crippen molar-refractivity contribution >= 4 is 32.9 Å². The molecule has 2 aliphatic rings. The van der Waals surface area contributed by atoms with E-state index < -0.39 is 44.1 Å². The molecule has 8 atom stereocenters. The van der Waals surface area contributed by atoms with E-state index in [1.54, 1.807) is 28.4 Å². The van der Waals surface area contributed by atoms with Crippen LogP contribution in [-0.2, 0) is 52.8 Å². The van der Waals surface area contributed by atoms with Gasteiger partial charge in [0.1, 0.15) is 77.6 Å². The number of methoxy groups -OCH3 is 4. The van der Waals surface area contributed by atoms with E-state index >= 15 is 0 Å². The number of rotatable bonds is 29. The van der Waals surface area contributed by atoms with Crippen molar-refractivity contribution in [2.45, 2.75) is 171 Å². The topological polar surface area (TPSA) is 140 Å². The summed E-state index contributed by atoms with van der Waals surface area (Å²) in [6, 6.07) is 53.0. The molecule has 0 aromatic heterocycles. The van der Waals surface area contributed by atoms with Gasteiger partial charge in [-0.05, 0) is 157 Å². The molecule has 14 nitrogen and oxygen atoms in total. The third kappa shape index (κ3) is 18.4. The number of aliphatic hydroxyl groups excluding tert-OH is 1. The second-order valence-corrected chi connectivity index (χ2v) is 40.6. The van der Waals surface area contributed by atoms with E-state index in [-0.39, 0.29) is 67.3 Å². The Bertz CT molecular complexity index is 3000. The van der Waals surface area contributed by atoms with Crippen molar-refractivity contribution in [3.8, 4) is 23.0 Å². The van der Waals surface area contributed by atoms with Crippen LogP contribution in [0.15, 0.2) is 158 Å². The van der Waals surface area contributed by atoms with Gasteiger partial charge in [-0.1, -0.05) is 172 Å². The van der Waals surface area contributed by atoms with Gasteiger partial charge < -0.3 is 65.6 Å². The lowest BCUT2D eigenvalue weighted by molar-refractivity contribution is -0.0864. The lowest BCUT2D eigenvalue weighted by Gasteiger charge is -2.42. The van der Waals surface area contributed by atoms with Crippen molar-refractivity contribution in [1.29, 1.82) is 1.43 Å². The molecule has 2 saturated heterocycles. The van der Waals surface area contributed by atoms with Gasteiger partial charge in [0.2, 0.25) is 9.75 Å². The van der Waals surface area contributed by atoms with Crippen molar-refractivity contribution in [3.63, 3.8) is 0 Å². The lowest BCUT2D eigenvalue weighted by Crippen LogP contribution is -2.49. The zero-order valence-electron chi connectivity index (χ0n) is 60.6. The highest BCUT2D eigenvalue weighted by molar-refractivity contribution is 7.51. The van der Waals surface area contributed by atoms with E-state index in [9.17, 15) is 0 Å². The van der Waals surface area contributed by atoms with Crippen molar-refractivity contribution in [2.24, 2.45) is 0 Å². The standard InChI is InChI=1S/C39H57O7PSi.C35H49O6PSi.CH4O/c1-27(2)48(28(3)4,29(5)6)44-26-42-37-30(7)45-36(38(37)46-47(10)11)25-43-39(31-15-13-12-14-16-31,32-17-21-34(40-8)22-18-32)33-19-23-35(41-9)24-20-33;1-25-32(41-43(9,10)34(2,3)4)33(40-42(7)8)31(39-25)24-38-35(26-14-12-11-13-15-26,27-16-20-29(36-5)21-17-27)28-18-22-30(37-6)23-19-28;1-2/h12-24,27-30,36-38H,25-26H2,1-11H3;11-23,25,31-33H,24H2,1-10H3;2H,1H3/t30-,36+,37-,38+;25-,31+,32-,33+;/m00./s1/i;;2T. The fraction of sp³-hybridized carbons (Fsp3) is 0.520. The highest BCUT2D eigenvalue weighted by Gasteiger charge is 2.52. The number of ether oxygens (including phenoxy) is 9. The average molecular weight is 1360 g/mol. The summed E-state index contributed by atoms with van der Waals surface area (Å²) in [4.78, 5) is 0. The van der Waals surface area contributed by atoms with Crippen LogP contribution in [0.5, 0.6) is 23.0 Å². The van der Waals surface area contributed by atoms with Crippen LogP contribution >= 0.6 is 16.3 Å². The molecule has 93 heavy (non-hydrogen) atoms. The molecule has 1 N–H and O–H groups in total. The molecule has 2 heterocycles. The fourth-order valence-corrected chi connectivity index (χ4v) is 21.1. The van der Waals surface area contributed by atoms with Crippen LogP contribution in [-0.4, -0.2) is 154 Å². The highest BCUT2D eigenvalue weighted by atomic mass is 31.1. The van der Waals surface area contributed by atoms with E-state index in [1.807, 2.05) is 84.9 Å². The molecule has 512 valence electrons. The van der Waals surface area contributed by atoms with Gasteiger partial charge in [0, 0.05) is 23.4 Å². The maximum Gasteiger partial charge on any atom is 0.210 e. The summed E-state index contributed by atoms with van der Waals surface area (Å²) in [5.41, 5.74) is 5.41. The van der Waals surface area contributed by atoms with Gasteiger partial charge in [-0.25, -0.2) is 0 Å². The molecule has 8 rings (SSSR count). The van der Waals surface area contributed by atoms with Crippen LogP contribution in [0.1, 0.15) is 110 Å². The van der Waals surface area contributed by atoms with Crippen molar-refractivity contribution in [3.05, 3.63) is 191 Å². The zero-order valence-corrected chi connectivity index (χ0v) is 63.4. The summed E-state index contributed by atoms with van der Waals surface area (Å²) < 4.78 is 89.1. The molecule has 0 radical (unpaired) electrons. The van der Waals surface area contributed by atoms with Gasteiger partial charge in [-0.15, -0.1) is 0 Å². The zero-order chi connectivity index (χ0) is 69.2. The Morgan fingerprint density at radius 1 is 0.473 bits per heavy atom. The Morgan fingerprint density at radius 2 is 0.763 bits per heavy atom. The van der Waals surface area contributed by atoms with Crippen LogP contribution < -0.4 is 18.9 Å². The number of aliphatic hydroxyl groups is 1. The minimum Gasteiger partial charge on any atom is -0.497 e. The van der Waals surface area contributed by atoms with E-state index in [4.69, 9.17) is 62.0 Å². The Morgan fingerprint density at radius 3 is 1.04 bits per heavy atom. The van der Waals surface area contributed by atoms with Crippen LogP contribution in [0.2, 0.25) is 34.8 Å². The molecule has 0 saturated carbocycles. The number of hydrogen-bond acceptors (Lipinski definition) is 14. The minimum absolute atomic E-state index is 0.0697. The van der Waals surface area contributed by atoms with Gasteiger partial charge in [0.25, 0.3) is 0 Å². The van der Waals surface area contributed by atoms with E-state index in [1.165, 1.54) is 7.11 Å². The van der Waals surface area contributed by atoms with Crippen molar-refractivity contribution in [1.82, 2.24) is 0 Å². The Labute approximate surface area is 564 Å². The molecule has 2 fully saturated rings. The first kappa shape index (κ1) is 75.8. The third-order valence-electron chi connectivity index (χ3n) is 18.5. The molecule has 6 aromatic rings. The monoisotopic (exact) mass is 1350 g/mol. The van der Waals surface area contributed by atoms with Crippen molar-refractivity contribution in [2.75, 3.05) is 82.2 Å². The summed E-state index contributed by atoms with van der Waals surface area (Å²) in [5, 5.41) is 3.57. The van der Waals surface area contributed by atoms with Crippen molar-refractivity contribution < 1.29 is 65.6 Å². The summed E-state index contributed by atoms with van der Waals surface area (Å²) in [6.07, 6.45) is -2.05. The van der Waals surface area contributed by atoms with Crippen LogP contribution in [0.25, 0.3) is 0 Å². The maximum absolute atomic E-state index is 7.22. The summed E-state index contributed by atoms with van der Waals surface area (Å²) in [6.45, 7) is 38.6. The van der Waals surface area contributed by atoms with Gasteiger partial charge in [0.05, 0.1) is 53.9 Å². The molecule has 0 amide bonds. The summed E-state index contributed by atoms with van der Waals surface area (Å²) in [5.74, 6) is 3.12. The predicted molar refractivity (Wildman–Crippen MR) is 385 cm³/mol. The first-order chi connectivity index (χ1) is 44.6. The van der Waals surface area contributed by atoms with Gasteiger partial charge in [0.15, 0.2) is 8.32 Å². The second kappa shape index (κ2) is 35.1. The highest BCUT2D eigenvalue weighted by Crippen LogP contribution is 2.49. The van der Waals surface area contributed by atoms with Gasteiger partial charge in [-0.3, -0.25) is 0 Å². The predicted octanol–water partition coefficient (Wildman–Crippen LogP) is 17.2. The first-order valence-electron chi connectivity index (χ1n) is 32.9. The Kier molecular flexibility index (Phi) is 28.6. The number of hydrogen-bond donors (Lipinski definition) is 1. The minimum atomic E-state index is -2.10. The van der Waals surface area contributed by atoms with E-state index in [0.717, 1.165) is 56.4 Å². The molecule has 6 aromatic carbocycles. The molecule has 2 aliphatic heterocycles. The molecule has 0 aliphatic carbocycles. The van der Waals surface area contributed by atoms with Crippen LogP contribution in [0.4, 0.5) is 0 Å². The Balaban J connectivity index is 0.000000287. The largest absolute Gasteiger partial charge is 0.497 e. The quantitative estimate of drug-likeness (QED) is 0.0206. The maximum atomic E-state index is 7.22. The van der Waals surface area contributed by atoms with Crippen LogP contribution in [0, 0.1) is 0 Å². The summed E-state index contributed by atoms with van der Waals surface area (Å²) >= 11 is 0. The molecule has 18 heteroatoms. The van der Waals surface area contributed by atoms with Gasteiger partial charge >= 0.3 is 0 Å². The summed E-state index contributed by atoms with van der Waals surface area (Å²) in [7, 11) is 2.43. The molecule has 0 unspecified atom stereocenters. The first-order valence-corrected chi connectivity index (χ1v) is 41.9. The molecular formula is C75H110O14P2Si2. The second-order valence-electron chi connectivity index (χ2n) is 26.7. The SMILES string of the molecule is COc1ccc(C(OC[C@H]2O[C@@H](C)[C@H](OCO[Si](C(C)C)(C(C)C)C(C)C)[C@@H]2OP(C)C)(c2ccccc2)c2ccc(OC)cc2)cc1.COc1ccc(C(OC[C@H]2O[C@@H](C)[C@H](O[Si](C)(C)C(C)(C)C)[C@@H]2OP(C)C)(c2ccccc2)c2ccc(OC)cc2)cc1.[3H]OC.